The van der Waals surface area contributed by atoms with E-state index in [1.54, 1.807) is 25.1 Å². The minimum atomic E-state index is -0.951. The van der Waals surface area contributed by atoms with Crippen LogP contribution in [0.5, 0.6) is 0 Å². The molecule has 1 aromatic carbocycles. The molecule has 0 bridgehead atoms. The van der Waals surface area contributed by atoms with Crippen LogP contribution in [0.4, 0.5) is 0 Å². The van der Waals surface area contributed by atoms with Gasteiger partial charge in [-0.25, -0.2) is 4.79 Å². The summed E-state index contributed by atoms with van der Waals surface area (Å²) in [4.78, 5) is 11.7. The van der Waals surface area contributed by atoms with E-state index in [0.717, 1.165) is 4.47 Å². The lowest BCUT2D eigenvalue weighted by molar-refractivity contribution is 0.0693. The van der Waals surface area contributed by atoms with Crippen molar-refractivity contribution in [3.63, 3.8) is 0 Å². The molecule has 0 aliphatic rings. The summed E-state index contributed by atoms with van der Waals surface area (Å²) in [5.41, 5.74) is 0.265. The van der Waals surface area contributed by atoms with E-state index in [2.05, 4.69) is 15.9 Å². The number of rotatable bonds is 4. The van der Waals surface area contributed by atoms with Gasteiger partial charge in [0, 0.05) is 14.6 Å². The van der Waals surface area contributed by atoms with Gasteiger partial charge in [-0.3, -0.25) is 0 Å². The number of thioether (sulfide) groups is 1. The fourth-order valence-electron chi connectivity index (χ4n) is 1.07. The molecule has 2 unspecified atom stereocenters. The van der Waals surface area contributed by atoms with Crippen LogP contribution in [-0.4, -0.2) is 27.5 Å². The van der Waals surface area contributed by atoms with Crippen LogP contribution in [0.2, 0.25) is 0 Å². The number of halogens is 1. The molecule has 0 fully saturated rings. The maximum atomic E-state index is 11.0. The van der Waals surface area contributed by atoms with Gasteiger partial charge >= 0.3 is 5.97 Å². The van der Waals surface area contributed by atoms with E-state index >= 15 is 0 Å². The van der Waals surface area contributed by atoms with Crippen molar-refractivity contribution < 1.29 is 15.0 Å². The smallest absolute Gasteiger partial charge is 0.336 e. The Balaban J connectivity index is 3.01. The summed E-state index contributed by atoms with van der Waals surface area (Å²) in [6.07, 6.45) is -0.481. The lowest BCUT2D eigenvalue weighted by Gasteiger charge is -2.15. The molecule has 0 aromatic heterocycles. The van der Waals surface area contributed by atoms with Crippen LogP contribution >= 0.6 is 27.7 Å². The molecular formula is C11H13BrO3S. The molecule has 16 heavy (non-hydrogen) atoms. The van der Waals surface area contributed by atoms with Crippen molar-refractivity contribution >= 4 is 33.7 Å². The number of hydrogen-bond donors (Lipinski definition) is 2. The van der Waals surface area contributed by atoms with Crippen LogP contribution in [0.15, 0.2) is 27.6 Å². The maximum absolute atomic E-state index is 11.0. The van der Waals surface area contributed by atoms with E-state index in [9.17, 15) is 9.90 Å². The van der Waals surface area contributed by atoms with Crippen LogP contribution < -0.4 is 0 Å². The fourth-order valence-corrected chi connectivity index (χ4v) is 2.66. The minimum absolute atomic E-state index is 0.0487. The highest BCUT2D eigenvalue weighted by molar-refractivity contribution is 9.10. The van der Waals surface area contributed by atoms with Crippen LogP contribution in [0.1, 0.15) is 24.2 Å². The van der Waals surface area contributed by atoms with Crippen LogP contribution in [0, 0.1) is 0 Å². The standard InChI is InChI=1S/C11H13BrO3S/c1-6(13)7(2)16-10-5-8(12)3-4-9(10)11(14)15/h3-7,13H,1-2H3,(H,14,15). The summed E-state index contributed by atoms with van der Waals surface area (Å²) < 4.78 is 0.831. The van der Waals surface area contributed by atoms with Gasteiger partial charge in [-0.05, 0) is 25.1 Å². The van der Waals surface area contributed by atoms with Gasteiger partial charge in [0.05, 0.1) is 11.7 Å². The van der Waals surface area contributed by atoms with Crippen molar-refractivity contribution in [1.29, 1.82) is 0 Å². The Morgan fingerprint density at radius 1 is 1.44 bits per heavy atom. The molecule has 1 rings (SSSR count). The van der Waals surface area contributed by atoms with E-state index < -0.39 is 12.1 Å². The third-order valence-corrected chi connectivity index (χ3v) is 4.02. The van der Waals surface area contributed by atoms with Crippen LogP contribution in [0.25, 0.3) is 0 Å². The average Bonchev–Trinajstić information content (AvgIpc) is 2.16. The predicted molar refractivity (Wildman–Crippen MR) is 68.1 cm³/mol. The van der Waals surface area contributed by atoms with Crippen molar-refractivity contribution in [2.75, 3.05) is 0 Å². The summed E-state index contributed by atoms with van der Waals surface area (Å²) in [6, 6.07) is 5.01. The zero-order valence-corrected chi connectivity index (χ0v) is 11.4. The average molecular weight is 305 g/mol. The molecule has 2 N–H and O–H groups in total. The zero-order valence-electron chi connectivity index (χ0n) is 8.98. The second-order valence-electron chi connectivity index (χ2n) is 3.51. The third kappa shape index (κ3) is 3.50. The highest BCUT2D eigenvalue weighted by Gasteiger charge is 2.16. The van der Waals surface area contributed by atoms with Gasteiger partial charge in [0.25, 0.3) is 0 Å². The summed E-state index contributed by atoms with van der Waals surface area (Å²) in [5.74, 6) is -0.951. The molecule has 88 valence electrons. The molecule has 2 atom stereocenters. The summed E-state index contributed by atoms with van der Waals surface area (Å²) >= 11 is 4.66. The maximum Gasteiger partial charge on any atom is 0.336 e. The Morgan fingerprint density at radius 2 is 2.06 bits per heavy atom. The van der Waals surface area contributed by atoms with E-state index in [1.807, 2.05) is 6.92 Å². The van der Waals surface area contributed by atoms with E-state index in [-0.39, 0.29) is 10.8 Å². The van der Waals surface area contributed by atoms with Gasteiger partial charge in [-0.2, -0.15) is 0 Å². The Bertz CT molecular complexity index is 393. The largest absolute Gasteiger partial charge is 0.478 e. The fraction of sp³-hybridized carbons (Fsp3) is 0.364. The van der Waals surface area contributed by atoms with Crippen molar-refractivity contribution in [3.05, 3.63) is 28.2 Å². The number of aliphatic hydroxyl groups is 1. The third-order valence-electron chi connectivity index (χ3n) is 2.17. The highest BCUT2D eigenvalue weighted by Crippen LogP contribution is 2.31. The van der Waals surface area contributed by atoms with Gasteiger partial charge in [0.1, 0.15) is 0 Å². The second-order valence-corrected chi connectivity index (χ2v) is 5.84. The molecule has 0 saturated heterocycles. The lowest BCUT2D eigenvalue weighted by Crippen LogP contribution is -2.15. The van der Waals surface area contributed by atoms with Gasteiger partial charge in [-0.15, -0.1) is 11.8 Å². The number of carboxylic acid groups (broad SMARTS) is 1. The molecule has 0 amide bonds. The lowest BCUT2D eigenvalue weighted by atomic mass is 10.2. The number of benzene rings is 1. The van der Waals surface area contributed by atoms with Gasteiger partial charge in [0.2, 0.25) is 0 Å². The topological polar surface area (TPSA) is 57.5 Å². The SMILES string of the molecule is CC(O)C(C)Sc1cc(Br)ccc1C(=O)O. The van der Waals surface area contributed by atoms with Crippen molar-refractivity contribution in [2.24, 2.45) is 0 Å². The minimum Gasteiger partial charge on any atom is -0.478 e. The predicted octanol–water partition coefficient (Wildman–Crippen LogP) is 3.01. The zero-order chi connectivity index (χ0) is 12.3. The number of aromatic carboxylic acids is 1. The second kappa shape index (κ2) is 5.70. The molecular weight excluding hydrogens is 292 g/mol. The van der Waals surface area contributed by atoms with Gasteiger partial charge in [-0.1, -0.05) is 22.9 Å². The first-order valence-corrected chi connectivity index (χ1v) is 6.46. The molecule has 0 heterocycles. The quantitative estimate of drug-likeness (QED) is 0.840. The van der Waals surface area contributed by atoms with E-state index in [1.165, 1.54) is 11.8 Å². The first-order chi connectivity index (χ1) is 7.41. The Hall–Kier alpha value is -0.520. The number of aliphatic hydroxyl groups excluding tert-OH is 1. The van der Waals surface area contributed by atoms with Crippen LogP contribution in [0.3, 0.4) is 0 Å². The number of hydrogen-bond acceptors (Lipinski definition) is 3. The van der Waals surface area contributed by atoms with Gasteiger partial charge < -0.3 is 10.2 Å². The molecule has 0 radical (unpaired) electrons. The first-order valence-electron chi connectivity index (χ1n) is 4.79. The Labute approximate surface area is 107 Å². The van der Waals surface area contributed by atoms with E-state index in [0.29, 0.717) is 4.90 Å². The van der Waals surface area contributed by atoms with Crippen molar-refractivity contribution in [1.82, 2.24) is 0 Å². The van der Waals surface area contributed by atoms with Crippen molar-refractivity contribution in [2.45, 2.75) is 30.1 Å². The summed E-state index contributed by atoms with van der Waals surface area (Å²) in [7, 11) is 0. The molecule has 5 heteroatoms. The molecule has 0 aliphatic carbocycles. The normalized spacial score (nSPS) is 14.5. The molecule has 0 aliphatic heterocycles. The molecule has 0 saturated carbocycles. The monoisotopic (exact) mass is 304 g/mol. The number of carbonyl (C=O) groups is 1. The Kier molecular flexibility index (Phi) is 4.83. The summed E-state index contributed by atoms with van der Waals surface area (Å²) in [5, 5.41) is 18.4. The first kappa shape index (κ1) is 13.5. The molecule has 0 spiro atoms. The Morgan fingerprint density at radius 3 is 2.56 bits per heavy atom. The highest BCUT2D eigenvalue weighted by atomic mass is 79.9. The summed E-state index contributed by atoms with van der Waals surface area (Å²) in [6.45, 7) is 3.55. The molecule has 1 aromatic rings. The van der Waals surface area contributed by atoms with E-state index in [4.69, 9.17) is 5.11 Å². The van der Waals surface area contributed by atoms with Crippen molar-refractivity contribution in [3.8, 4) is 0 Å². The van der Waals surface area contributed by atoms with Gasteiger partial charge in [0.15, 0.2) is 0 Å². The number of carboxylic acids is 1. The van der Waals surface area contributed by atoms with Crippen LogP contribution in [-0.2, 0) is 0 Å². The molecule has 3 nitrogen and oxygen atoms in total.